The Labute approximate surface area is 204 Å². The maximum absolute atomic E-state index is 13.0. The van der Waals surface area contributed by atoms with Gasteiger partial charge in [-0.05, 0) is 55.3 Å². The highest BCUT2D eigenvalue weighted by Crippen LogP contribution is 2.26. The van der Waals surface area contributed by atoms with E-state index in [9.17, 15) is 14.4 Å². The van der Waals surface area contributed by atoms with E-state index in [4.69, 9.17) is 16.3 Å². The number of anilines is 1. The van der Waals surface area contributed by atoms with Crippen LogP contribution in [-0.2, 0) is 22.6 Å². The summed E-state index contributed by atoms with van der Waals surface area (Å²) in [6.45, 7) is 8.74. The van der Waals surface area contributed by atoms with Crippen LogP contribution in [0.4, 0.5) is 5.69 Å². The molecule has 0 aliphatic rings. The number of carbonyl (C=O) groups excluding carboxylic acids is 3. The number of aromatic nitrogens is 1. The highest BCUT2D eigenvalue weighted by molar-refractivity contribution is 6.34. The van der Waals surface area contributed by atoms with Crippen LogP contribution in [-0.4, -0.2) is 29.0 Å². The third-order valence-corrected chi connectivity index (χ3v) is 5.69. The molecular formula is C26H30ClN3O4. The molecule has 0 saturated heterocycles. The second kappa shape index (κ2) is 11.2. The summed E-state index contributed by atoms with van der Waals surface area (Å²) in [5, 5.41) is 6.86. The Bertz CT molecular complexity index is 1220. The van der Waals surface area contributed by atoms with Crippen molar-refractivity contribution in [3.05, 3.63) is 64.3 Å². The van der Waals surface area contributed by atoms with Crippen LogP contribution >= 0.6 is 11.6 Å². The fraction of sp³-hybridized carbons (Fsp3) is 0.346. The number of esters is 1. The van der Waals surface area contributed by atoms with Crippen molar-refractivity contribution in [2.45, 2.75) is 47.2 Å². The Morgan fingerprint density at radius 1 is 1.06 bits per heavy atom. The number of ether oxygens (including phenoxy) is 1. The van der Waals surface area contributed by atoms with Crippen molar-refractivity contribution >= 4 is 46.0 Å². The highest BCUT2D eigenvalue weighted by Gasteiger charge is 2.18. The number of nitrogens with zero attached hydrogens (tertiary/aromatic N) is 1. The minimum absolute atomic E-state index is 0.0635. The molecule has 3 rings (SSSR count). The van der Waals surface area contributed by atoms with Gasteiger partial charge >= 0.3 is 5.97 Å². The minimum Gasteiger partial charge on any atom is -0.461 e. The monoisotopic (exact) mass is 483 g/mol. The fourth-order valence-corrected chi connectivity index (χ4v) is 3.84. The lowest BCUT2D eigenvalue weighted by molar-refractivity contribution is -0.124. The van der Waals surface area contributed by atoms with E-state index in [1.54, 1.807) is 37.3 Å². The number of hydrogen-bond acceptors (Lipinski definition) is 4. The number of nitrogens with one attached hydrogen (secondary N) is 2. The second-order valence-corrected chi connectivity index (χ2v) is 8.72. The van der Waals surface area contributed by atoms with Crippen LogP contribution in [0.1, 0.15) is 60.5 Å². The summed E-state index contributed by atoms with van der Waals surface area (Å²) in [6.07, 6.45) is 0.862. The van der Waals surface area contributed by atoms with Crippen LogP contribution in [0, 0.1) is 5.92 Å². The average molecular weight is 484 g/mol. The molecule has 0 aliphatic carbocycles. The Morgan fingerprint density at radius 2 is 1.82 bits per heavy atom. The molecule has 0 saturated carbocycles. The molecule has 1 aromatic heterocycles. The molecule has 1 heterocycles. The molecule has 0 spiro atoms. The summed E-state index contributed by atoms with van der Waals surface area (Å²) in [7, 11) is 0. The fourth-order valence-electron chi connectivity index (χ4n) is 3.64. The van der Waals surface area contributed by atoms with Gasteiger partial charge in [0.2, 0.25) is 5.91 Å². The van der Waals surface area contributed by atoms with E-state index < -0.39 is 0 Å². The number of benzene rings is 2. The molecule has 0 aliphatic heterocycles. The molecule has 34 heavy (non-hydrogen) atoms. The molecule has 0 bridgehead atoms. The van der Waals surface area contributed by atoms with Gasteiger partial charge in [-0.25, -0.2) is 4.79 Å². The molecule has 180 valence electrons. The van der Waals surface area contributed by atoms with Crippen LogP contribution in [0.25, 0.3) is 10.9 Å². The molecule has 2 aromatic carbocycles. The number of carbonyl (C=O) groups is 3. The summed E-state index contributed by atoms with van der Waals surface area (Å²) in [5.74, 6) is -0.918. The zero-order valence-corrected chi connectivity index (χ0v) is 20.7. The molecule has 0 radical (unpaired) electrons. The third-order valence-electron chi connectivity index (χ3n) is 5.36. The minimum atomic E-state index is -0.370. The van der Waals surface area contributed by atoms with Crippen molar-refractivity contribution in [2.75, 3.05) is 11.9 Å². The quantitative estimate of drug-likeness (QED) is 0.398. The highest BCUT2D eigenvalue weighted by atomic mass is 35.5. The lowest BCUT2D eigenvalue weighted by atomic mass is 10.1. The van der Waals surface area contributed by atoms with Crippen molar-refractivity contribution < 1.29 is 19.1 Å². The number of amides is 2. The van der Waals surface area contributed by atoms with Crippen molar-refractivity contribution in [1.29, 1.82) is 0 Å². The van der Waals surface area contributed by atoms with Gasteiger partial charge in [-0.2, -0.15) is 0 Å². The number of aryl methyl sites for hydroxylation is 1. The van der Waals surface area contributed by atoms with E-state index in [0.717, 1.165) is 22.9 Å². The summed E-state index contributed by atoms with van der Waals surface area (Å²) in [5.41, 5.74) is 3.05. The van der Waals surface area contributed by atoms with Gasteiger partial charge in [0, 0.05) is 35.6 Å². The maximum atomic E-state index is 13.0. The van der Waals surface area contributed by atoms with E-state index in [1.807, 2.05) is 37.5 Å². The molecule has 0 atom stereocenters. The van der Waals surface area contributed by atoms with Gasteiger partial charge < -0.3 is 19.9 Å². The maximum Gasteiger partial charge on any atom is 0.354 e. The smallest absolute Gasteiger partial charge is 0.354 e. The molecule has 7 nitrogen and oxygen atoms in total. The number of fused-ring (bicyclic) bond motifs is 1. The van der Waals surface area contributed by atoms with Gasteiger partial charge in [0.1, 0.15) is 5.69 Å². The second-order valence-electron chi connectivity index (χ2n) is 8.32. The molecule has 8 heteroatoms. The predicted molar refractivity (Wildman–Crippen MR) is 134 cm³/mol. The van der Waals surface area contributed by atoms with E-state index in [-0.39, 0.29) is 23.7 Å². The van der Waals surface area contributed by atoms with Crippen LogP contribution in [0.3, 0.4) is 0 Å². The summed E-state index contributed by atoms with van der Waals surface area (Å²) in [4.78, 5) is 37.2. The Morgan fingerprint density at radius 3 is 2.50 bits per heavy atom. The number of halogens is 1. The summed E-state index contributed by atoms with van der Waals surface area (Å²) in [6, 6.07) is 12.4. The van der Waals surface area contributed by atoms with Crippen LogP contribution in [0.5, 0.6) is 0 Å². The molecule has 2 amide bonds. The first kappa shape index (κ1) is 25.3. The van der Waals surface area contributed by atoms with Crippen LogP contribution in [0.2, 0.25) is 5.02 Å². The first-order valence-electron chi connectivity index (χ1n) is 11.4. The first-order chi connectivity index (χ1) is 16.2. The van der Waals surface area contributed by atoms with Gasteiger partial charge in [-0.3, -0.25) is 9.59 Å². The lowest BCUT2D eigenvalue weighted by Gasteiger charge is -2.11. The van der Waals surface area contributed by atoms with Gasteiger partial charge in [0.15, 0.2) is 0 Å². The van der Waals surface area contributed by atoms with E-state index in [2.05, 4.69) is 10.6 Å². The van der Waals surface area contributed by atoms with Gasteiger partial charge in [0.25, 0.3) is 5.91 Å². The summed E-state index contributed by atoms with van der Waals surface area (Å²) >= 11 is 6.29. The van der Waals surface area contributed by atoms with Gasteiger partial charge in [-0.1, -0.05) is 38.4 Å². The van der Waals surface area contributed by atoms with Crippen LogP contribution in [0.15, 0.2) is 42.5 Å². The predicted octanol–water partition coefficient (Wildman–Crippen LogP) is 5.41. The summed E-state index contributed by atoms with van der Waals surface area (Å²) < 4.78 is 7.13. The molecule has 2 N–H and O–H groups in total. The standard InChI is InChI=1S/C26H30ClN3O4/c1-5-11-30-22-10-8-19(13-18(22)14-23(30)26(33)34-6-2)29-25(32)20-12-17(7-9-21(20)27)15-28-24(31)16(3)4/h7-10,12-14,16H,5-6,11,15H2,1-4H3,(H,28,31)(H,29,32). The zero-order valence-electron chi connectivity index (χ0n) is 19.9. The first-order valence-corrected chi connectivity index (χ1v) is 11.8. The SMILES string of the molecule is CCCn1c(C(=O)OCC)cc2cc(NC(=O)c3cc(CNC(=O)C(C)C)ccc3Cl)ccc21. The molecule has 3 aromatic rings. The van der Waals surface area contributed by atoms with E-state index in [0.29, 0.717) is 41.7 Å². The van der Waals surface area contributed by atoms with Crippen molar-refractivity contribution in [1.82, 2.24) is 9.88 Å². The Balaban J connectivity index is 1.83. The number of rotatable bonds is 9. The third kappa shape index (κ3) is 5.78. The van der Waals surface area contributed by atoms with Crippen molar-refractivity contribution in [3.63, 3.8) is 0 Å². The topological polar surface area (TPSA) is 89.4 Å². The normalized spacial score (nSPS) is 11.0. The van der Waals surface area contributed by atoms with Crippen molar-refractivity contribution in [3.8, 4) is 0 Å². The largest absolute Gasteiger partial charge is 0.461 e. The van der Waals surface area contributed by atoms with Gasteiger partial charge in [0.05, 0.1) is 17.2 Å². The van der Waals surface area contributed by atoms with Gasteiger partial charge in [-0.15, -0.1) is 0 Å². The van der Waals surface area contributed by atoms with Crippen molar-refractivity contribution in [2.24, 2.45) is 5.92 Å². The van der Waals surface area contributed by atoms with Crippen LogP contribution < -0.4 is 10.6 Å². The Kier molecular flexibility index (Phi) is 8.34. The molecule has 0 unspecified atom stereocenters. The van der Waals surface area contributed by atoms with E-state index in [1.165, 1.54) is 0 Å². The Hall–Kier alpha value is -3.32. The lowest BCUT2D eigenvalue weighted by Crippen LogP contribution is -2.27. The average Bonchev–Trinajstić information content (AvgIpc) is 3.16. The molecular weight excluding hydrogens is 454 g/mol. The van der Waals surface area contributed by atoms with E-state index >= 15 is 0 Å². The number of hydrogen-bond donors (Lipinski definition) is 2. The molecule has 0 fully saturated rings. The zero-order chi connectivity index (χ0) is 24.8.